The molecular weight excluding hydrogens is 305 g/mol. The van der Waals surface area contributed by atoms with Crippen LogP contribution in [0.15, 0.2) is 30.3 Å². The minimum atomic E-state index is -4.62. The summed E-state index contributed by atoms with van der Waals surface area (Å²) in [5.41, 5.74) is 1.52. The Morgan fingerprint density at radius 3 is 2.00 bits per heavy atom. The molecular formula is C18H17F3O2. The first-order chi connectivity index (χ1) is 10.6. The summed E-state index contributed by atoms with van der Waals surface area (Å²) in [5, 5.41) is 0. The molecule has 0 heterocycles. The Balaban J connectivity index is 2.42. The van der Waals surface area contributed by atoms with Gasteiger partial charge in [0.05, 0.1) is 11.1 Å². The van der Waals surface area contributed by atoms with E-state index < -0.39 is 23.3 Å². The second-order valence-corrected chi connectivity index (χ2v) is 5.62. The van der Waals surface area contributed by atoms with Crippen molar-refractivity contribution >= 4 is 5.97 Å². The van der Waals surface area contributed by atoms with Gasteiger partial charge in [0.1, 0.15) is 5.75 Å². The lowest BCUT2D eigenvalue weighted by Gasteiger charge is -2.15. The predicted molar refractivity (Wildman–Crippen MR) is 81.8 cm³/mol. The van der Waals surface area contributed by atoms with Gasteiger partial charge in [-0.05, 0) is 74.2 Å². The van der Waals surface area contributed by atoms with Crippen molar-refractivity contribution in [1.82, 2.24) is 0 Å². The van der Waals surface area contributed by atoms with Gasteiger partial charge in [0.25, 0.3) is 0 Å². The smallest absolute Gasteiger partial charge is 0.417 e. The summed E-state index contributed by atoms with van der Waals surface area (Å²) in [6.07, 6.45) is -4.62. The van der Waals surface area contributed by atoms with Gasteiger partial charge in [-0.15, -0.1) is 0 Å². The fourth-order valence-electron chi connectivity index (χ4n) is 2.16. The largest absolute Gasteiger partial charge is 0.423 e. The molecule has 0 aliphatic rings. The SMILES string of the molecule is Cc1ccc(OC(=O)c2cc(C)c(C)cc2C(F)(F)F)cc1C. The molecule has 2 aromatic carbocycles. The van der Waals surface area contributed by atoms with Gasteiger partial charge >= 0.3 is 12.1 Å². The van der Waals surface area contributed by atoms with Crippen LogP contribution in [-0.2, 0) is 6.18 Å². The summed E-state index contributed by atoms with van der Waals surface area (Å²) < 4.78 is 44.6. The van der Waals surface area contributed by atoms with Crippen LogP contribution in [0.25, 0.3) is 0 Å². The predicted octanol–water partition coefficient (Wildman–Crippen LogP) is 5.16. The first kappa shape index (κ1) is 17.1. The lowest BCUT2D eigenvalue weighted by atomic mass is 9.99. The summed E-state index contributed by atoms with van der Waals surface area (Å²) in [6, 6.07) is 7.15. The van der Waals surface area contributed by atoms with E-state index >= 15 is 0 Å². The van der Waals surface area contributed by atoms with Crippen LogP contribution in [0.1, 0.15) is 38.2 Å². The van der Waals surface area contributed by atoms with Crippen molar-refractivity contribution in [2.45, 2.75) is 33.9 Å². The van der Waals surface area contributed by atoms with Gasteiger partial charge in [-0.1, -0.05) is 6.07 Å². The lowest BCUT2D eigenvalue weighted by Crippen LogP contribution is -2.18. The molecule has 0 aliphatic heterocycles. The Kier molecular flexibility index (Phi) is 4.50. The third-order valence-electron chi connectivity index (χ3n) is 3.85. The van der Waals surface area contributed by atoms with Gasteiger partial charge in [0.15, 0.2) is 0 Å². The maximum absolute atomic E-state index is 13.2. The van der Waals surface area contributed by atoms with E-state index in [2.05, 4.69) is 0 Å². The van der Waals surface area contributed by atoms with Gasteiger partial charge in [0, 0.05) is 0 Å². The highest BCUT2D eigenvalue weighted by molar-refractivity contribution is 5.93. The number of esters is 1. The zero-order chi connectivity index (χ0) is 17.4. The van der Waals surface area contributed by atoms with Gasteiger partial charge in [-0.2, -0.15) is 13.2 Å². The van der Waals surface area contributed by atoms with E-state index in [0.717, 1.165) is 17.2 Å². The van der Waals surface area contributed by atoms with Crippen molar-refractivity contribution in [3.63, 3.8) is 0 Å². The molecule has 0 bridgehead atoms. The molecule has 2 nitrogen and oxygen atoms in total. The molecule has 0 atom stereocenters. The van der Waals surface area contributed by atoms with Crippen LogP contribution in [0.5, 0.6) is 5.75 Å². The van der Waals surface area contributed by atoms with Crippen molar-refractivity contribution in [3.05, 3.63) is 63.7 Å². The second kappa shape index (κ2) is 6.07. The summed E-state index contributed by atoms with van der Waals surface area (Å²) in [4.78, 5) is 12.2. The third-order valence-corrected chi connectivity index (χ3v) is 3.85. The van der Waals surface area contributed by atoms with Crippen molar-refractivity contribution in [3.8, 4) is 5.75 Å². The Labute approximate surface area is 132 Å². The molecule has 23 heavy (non-hydrogen) atoms. The van der Waals surface area contributed by atoms with Crippen LogP contribution in [0.4, 0.5) is 13.2 Å². The highest BCUT2D eigenvalue weighted by Crippen LogP contribution is 2.34. The van der Waals surface area contributed by atoms with Crippen LogP contribution in [0, 0.1) is 27.7 Å². The molecule has 122 valence electrons. The number of ether oxygens (including phenoxy) is 1. The minimum absolute atomic E-state index is 0.226. The number of hydrogen-bond donors (Lipinski definition) is 0. The van der Waals surface area contributed by atoms with E-state index in [-0.39, 0.29) is 5.75 Å². The number of benzene rings is 2. The first-order valence-corrected chi connectivity index (χ1v) is 7.07. The third kappa shape index (κ3) is 3.73. The van der Waals surface area contributed by atoms with Crippen molar-refractivity contribution in [2.24, 2.45) is 0 Å². The minimum Gasteiger partial charge on any atom is -0.423 e. The van der Waals surface area contributed by atoms with Crippen molar-refractivity contribution in [2.75, 3.05) is 0 Å². The number of carbonyl (C=O) groups is 1. The van der Waals surface area contributed by atoms with E-state index in [1.54, 1.807) is 32.0 Å². The molecule has 0 aromatic heterocycles. The van der Waals surface area contributed by atoms with Crippen LogP contribution >= 0.6 is 0 Å². The Hall–Kier alpha value is -2.30. The molecule has 0 aliphatic carbocycles. The average molecular weight is 322 g/mol. The number of halogens is 3. The summed E-state index contributed by atoms with van der Waals surface area (Å²) in [5.74, 6) is -0.784. The molecule has 2 aromatic rings. The Bertz CT molecular complexity index is 762. The molecule has 0 amide bonds. The fourth-order valence-corrected chi connectivity index (χ4v) is 2.16. The van der Waals surface area contributed by atoms with Gasteiger partial charge < -0.3 is 4.74 Å². The lowest BCUT2D eigenvalue weighted by molar-refractivity contribution is -0.138. The fraction of sp³-hybridized carbons (Fsp3) is 0.278. The number of hydrogen-bond acceptors (Lipinski definition) is 2. The van der Waals surface area contributed by atoms with E-state index in [1.165, 1.54) is 6.07 Å². The molecule has 0 fully saturated rings. The van der Waals surface area contributed by atoms with E-state index in [0.29, 0.717) is 11.1 Å². The maximum atomic E-state index is 13.2. The summed E-state index contributed by atoms with van der Waals surface area (Å²) >= 11 is 0. The van der Waals surface area contributed by atoms with Crippen LogP contribution in [-0.4, -0.2) is 5.97 Å². The molecule has 0 radical (unpaired) electrons. The highest BCUT2D eigenvalue weighted by atomic mass is 19.4. The van der Waals surface area contributed by atoms with Crippen molar-refractivity contribution in [1.29, 1.82) is 0 Å². The number of aryl methyl sites for hydroxylation is 4. The van der Waals surface area contributed by atoms with E-state index in [9.17, 15) is 18.0 Å². The van der Waals surface area contributed by atoms with E-state index in [1.807, 2.05) is 13.8 Å². The zero-order valence-electron chi connectivity index (χ0n) is 13.3. The quantitative estimate of drug-likeness (QED) is 0.564. The summed E-state index contributed by atoms with van der Waals surface area (Å²) in [6.45, 7) is 6.96. The van der Waals surface area contributed by atoms with Gasteiger partial charge in [-0.3, -0.25) is 0 Å². The average Bonchev–Trinajstić information content (AvgIpc) is 2.44. The Morgan fingerprint density at radius 2 is 1.43 bits per heavy atom. The molecule has 0 unspecified atom stereocenters. The molecule has 0 saturated carbocycles. The molecule has 0 saturated heterocycles. The van der Waals surface area contributed by atoms with Gasteiger partial charge in [0.2, 0.25) is 0 Å². The topological polar surface area (TPSA) is 26.3 Å². The zero-order valence-corrected chi connectivity index (χ0v) is 13.3. The highest BCUT2D eigenvalue weighted by Gasteiger charge is 2.36. The Morgan fingerprint density at radius 1 is 0.870 bits per heavy atom. The van der Waals surface area contributed by atoms with E-state index in [4.69, 9.17) is 4.74 Å². The van der Waals surface area contributed by atoms with Crippen LogP contribution < -0.4 is 4.74 Å². The summed E-state index contributed by atoms with van der Waals surface area (Å²) in [7, 11) is 0. The standard InChI is InChI=1S/C18H17F3O2/c1-10-5-6-14(7-11(10)2)23-17(22)15-8-12(3)13(4)9-16(15)18(19,20)21/h5-9H,1-4H3. The first-order valence-electron chi connectivity index (χ1n) is 7.07. The van der Waals surface area contributed by atoms with Gasteiger partial charge in [-0.25, -0.2) is 4.79 Å². The second-order valence-electron chi connectivity index (χ2n) is 5.62. The normalized spacial score (nSPS) is 11.4. The number of carbonyl (C=O) groups excluding carboxylic acids is 1. The van der Waals surface area contributed by atoms with Crippen LogP contribution in [0.2, 0.25) is 0 Å². The van der Waals surface area contributed by atoms with Crippen LogP contribution in [0.3, 0.4) is 0 Å². The maximum Gasteiger partial charge on any atom is 0.417 e. The number of alkyl halides is 3. The van der Waals surface area contributed by atoms with Crippen molar-refractivity contribution < 1.29 is 22.7 Å². The monoisotopic (exact) mass is 322 g/mol. The molecule has 5 heteroatoms. The molecule has 0 N–H and O–H groups in total. The molecule has 2 rings (SSSR count). The number of rotatable bonds is 2. The molecule has 0 spiro atoms.